The van der Waals surface area contributed by atoms with E-state index in [1.807, 2.05) is 0 Å². The summed E-state index contributed by atoms with van der Waals surface area (Å²) in [5, 5.41) is 0. The van der Waals surface area contributed by atoms with Gasteiger partial charge in [-0.05, 0) is 91.8 Å². The molecule has 0 amide bonds. The summed E-state index contributed by atoms with van der Waals surface area (Å²) in [5.74, 6) is 7.03. The molecule has 7 fully saturated rings. The van der Waals surface area contributed by atoms with Crippen LogP contribution < -0.4 is 0 Å². The minimum atomic E-state index is 0.354. The first-order valence-electron chi connectivity index (χ1n) is 10.8. The predicted molar refractivity (Wildman–Crippen MR) is 90.2 cm³/mol. The van der Waals surface area contributed by atoms with Crippen LogP contribution in [0.5, 0.6) is 0 Å². The van der Waals surface area contributed by atoms with Crippen LogP contribution in [-0.2, 0) is 9.53 Å². The highest BCUT2D eigenvalue weighted by molar-refractivity contribution is 5.79. The Morgan fingerprint density at radius 1 is 1.00 bits per heavy atom. The summed E-state index contributed by atoms with van der Waals surface area (Å²) in [5.41, 5.74) is 1.46. The summed E-state index contributed by atoms with van der Waals surface area (Å²) in [6.45, 7) is 3.64. The van der Waals surface area contributed by atoms with Gasteiger partial charge in [0.2, 0.25) is 0 Å². The summed E-state index contributed by atoms with van der Waals surface area (Å²) in [7, 11) is 0. The Balaban J connectivity index is 1.30. The first-order valence-corrected chi connectivity index (χ1v) is 10.8. The molecule has 10 atom stereocenters. The maximum Gasteiger partial charge on any atom is 0.133 e. The third-order valence-electron chi connectivity index (χ3n) is 10.9. The van der Waals surface area contributed by atoms with Gasteiger partial charge in [0.25, 0.3) is 0 Å². The third kappa shape index (κ3) is 1.20. The second-order valence-electron chi connectivity index (χ2n) is 10.9. The molecule has 0 aromatic carbocycles. The van der Waals surface area contributed by atoms with Crippen molar-refractivity contribution < 1.29 is 9.53 Å². The highest BCUT2D eigenvalue weighted by atomic mass is 16.5. The summed E-state index contributed by atoms with van der Waals surface area (Å²) in [6, 6.07) is 0. The predicted octanol–water partition coefficient (Wildman–Crippen LogP) is 4.22. The number of Topliss-reactive ketones (excluding diaryl/α,β-unsaturated/α-hetero) is 1. The van der Waals surface area contributed by atoms with Gasteiger partial charge in [-0.3, -0.25) is 4.79 Å². The number of hydrogen-bond acceptors (Lipinski definition) is 2. The van der Waals surface area contributed by atoms with E-state index in [4.69, 9.17) is 4.74 Å². The molecule has 1 heterocycles. The van der Waals surface area contributed by atoms with Crippen LogP contribution in [0, 0.1) is 52.3 Å². The second kappa shape index (κ2) is 3.82. The molecule has 0 bridgehead atoms. The van der Waals surface area contributed by atoms with Crippen LogP contribution in [0.25, 0.3) is 0 Å². The van der Waals surface area contributed by atoms with Crippen molar-refractivity contribution in [1.82, 2.24) is 0 Å². The van der Waals surface area contributed by atoms with Crippen LogP contribution in [0.2, 0.25) is 0 Å². The Morgan fingerprint density at radius 2 is 1.88 bits per heavy atom. The normalized spacial score (nSPS) is 68.2. The van der Waals surface area contributed by atoms with Gasteiger partial charge in [-0.1, -0.05) is 6.92 Å². The van der Waals surface area contributed by atoms with E-state index >= 15 is 0 Å². The van der Waals surface area contributed by atoms with Gasteiger partial charge in [0.1, 0.15) is 5.78 Å². The topological polar surface area (TPSA) is 26.3 Å². The Kier molecular flexibility index (Phi) is 2.20. The maximum absolute atomic E-state index is 12.1. The highest BCUT2D eigenvalue weighted by Crippen LogP contribution is 2.86. The van der Waals surface area contributed by atoms with E-state index in [-0.39, 0.29) is 0 Å². The number of carbonyl (C=O) groups is 1. The van der Waals surface area contributed by atoms with Crippen LogP contribution in [-0.4, -0.2) is 18.0 Å². The van der Waals surface area contributed by atoms with Crippen molar-refractivity contribution in [1.29, 1.82) is 0 Å². The lowest BCUT2D eigenvalue weighted by atomic mass is 9.46. The minimum absolute atomic E-state index is 0.354. The van der Waals surface area contributed by atoms with Crippen molar-refractivity contribution in [3.63, 3.8) is 0 Å². The van der Waals surface area contributed by atoms with E-state index < -0.39 is 0 Å². The number of ketones is 1. The van der Waals surface area contributed by atoms with Crippen LogP contribution in [0.15, 0.2) is 0 Å². The minimum Gasteiger partial charge on any atom is -0.374 e. The van der Waals surface area contributed by atoms with Crippen molar-refractivity contribution in [3.05, 3.63) is 0 Å². The number of rotatable bonds is 0. The van der Waals surface area contributed by atoms with Gasteiger partial charge in [-0.2, -0.15) is 0 Å². The quantitative estimate of drug-likeness (QED) is 0.666. The molecule has 2 spiro atoms. The molecule has 0 aromatic rings. The Morgan fingerprint density at radius 3 is 2.75 bits per heavy atom. The lowest BCUT2D eigenvalue weighted by Gasteiger charge is -2.58. The van der Waals surface area contributed by atoms with Gasteiger partial charge >= 0.3 is 0 Å². The molecule has 0 aromatic heterocycles. The molecule has 10 unspecified atom stereocenters. The number of carbonyl (C=O) groups excluding carboxylic acids is 1. The molecular weight excluding hydrogens is 296 g/mol. The Bertz CT molecular complexity index is 656. The smallest absolute Gasteiger partial charge is 0.133 e. The molecule has 0 radical (unpaired) electrons. The van der Waals surface area contributed by atoms with Crippen LogP contribution in [0.1, 0.15) is 64.7 Å². The molecule has 2 heteroatoms. The van der Waals surface area contributed by atoms with E-state index in [9.17, 15) is 4.79 Å². The van der Waals surface area contributed by atoms with Crippen molar-refractivity contribution in [2.45, 2.75) is 70.3 Å². The zero-order chi connectivity index (χ0) is 15.9. The standard InChI is InChI=1S/C22H30O2/c1-20-6-2-12(23)10-17(20)13-11-14(13)19-15(20)3-7-21-16(19)4-8-22(21)18(21)5-9-24-22/h13-19H,2-11H2,1H3. The summed E-state index contributed by atoms with van der Waals surface area (Å²) in [4.78, 5) is 12.1. The fourth-order valence-corrected chi connectivity index (χ4v) is 10.2. The van der Waals surface area contributed by atoms with E-state index in [1.165, 1.54) is 44.9 Å². The van der Waals surface area contributed by atoms with Crippen LogP contribution in [0.4, 0.5) is 0 Å². The lowest BCUT2D eigenvalue weighted by Crippen LogP contribution is -2.53. The largest absolute Gasteiger partial charge is 0.374 e. The van der Waals surface area contributed by atoms with Crippen molar-refractivity contribution in [2.75, 3.05) is 6.61 Å². The number of ether oxygens (including phenoxy) is 1. The molecule has 130 valence electrons. The first-order chi connectivity index (χ1) is 11.6. The molecule has 24 heavy (non-hydrogen) atoms. The van der Waals surface area contributed by atoms with Crippen LogP contribution in [0.3, 0.4) is 0 Å². The van der Waals surface area contributed by atoms with Gasteiger partial charge in [-0.25, -0.2) is 0 Å². The Labute approximate surface area is 145 Å². The summed E-state index contributed by atoms with van der Waals surface area (Å²) < 4.78 is 6.43. The number of fused-ring (bicyclic) bond motifs is 7. The average molecular weight is 326 g/mol. The Hall–Kier alpha value is -0.370. The van der Waals surface area contributed by atoms with Gasteiger partial charge in [0, 0.05) is 24.9 Å². The van der Waals surface area contributed by atoms with E-state index in [2.05, 4.69) is 6.92 Å². The fourth-order valence-electron chi connectivity index (χ4n) is 10.2. The lowest BCUT2D eigenvalue weighted by molar-refractivity contribution is -0.139. The molecule has 1 saturated heterocycles. The molecular formula is C22H30O2. The van der Waals surface area contributed by atoms with Gasteiger partial charge in [0.15, 0.2) is 0 Å². The summed E-state index contributed by atoms with van der Waals surface area (Å²) in [6.07, 6.45) is 11.6. The van der Waals surface area contributed by atoms with Crippen molar-refractivity contribution in [3.8, 4) is 0 Å². The SMILES string of the molecule is CC12CCC(=O)CC1C1CC1C1C2CCC23C1CCC21OCCC13. The molecule has 7 rings (SSSR count). The fraction of sp³-hybridized carbons (Fsp3) is 0.955. The zero-order valence-electron chi connectivity index (χ0n) is 14.9. The van der Waals surface area contributed by atoms with Gasteiger partial charge in [0.05, 0.1) is 5.60 Å². The monoisotopic (exact) mass is 326 g/mol. The van der Waals surface area contributed by atoms with E-state index in [1.54, 1.807) is 0 Å². The highest BCUT2D eigenvalue weighted by Gasteiger charge is 2.86. The van der Waals surface area contributed by atoms with Crippen molar-refractivity contribution in [2.24, 2.45) is 52.3 Å². The molecule has 7 aliphatic rings. The molecule has 1 aliphatic heterocycles. The third-order valence-corrected chi connectivity index (χ3v) is 10.9. The van der Waals surface area contributed by atoms with Crippen LogP contribution >= 0.6 is 0 Å². The van der Waals surface area contributed by atoms with Gasteiger partial charge in [-0.15, -0.1) is 0 Å². The average Bonchev–Trinajstić information content (AvgIpc) is 3.34. The molecule has 0 N–H and O–H groups in total. The van der Waals surface area contributed by atoms with Gasteiger partial charge < -0.3 is 4.74 Å². The molecule has 6 saturated carbocycles. The molecule has 6 aliphatic carbocycles. The maximum atomic E-state index is 12.1. The zero-order valence-corrected chi connectivity index (χ0v) is 14.9. The summed E-state index contributed by atoms with van der Waals surface area (Å²) >= 11 is 0. The van der Waals surface area contributed by atoms with E-state index in [0.29, 0.717) is 22.2 Å². The molecule has 2 nitrogen and oxygen atoms in total. The van der Waals surface area contributed by atoms with Crippen molar-refractivity contribution >= 4 is 5.78 Å². The van der Waals surface area contributed by atoms with E-state index in [0.717, 1.165) is 60.9 Å². The first kappa shape index (κ1) is 13.8. The second-order valence-corrected chi connectivity index (χ2v) is 10.9. The number of hydrogen-bond donors (Lipinski definition) is 0.